The summed E-state index contributed by atoms with van der Waals surface area (Å²) in [6.07, 6.45) is 6.22. The summed E-state index contributed by atoms with van der Waals surface area (Å²) in [5.41, 5.74) is 1.86. The zero-order valence-corrected chi connectivity index (χ0v) is 15.2. The van der Waals surface area contributed by atoms with Gasteiger partial charge in [-0.1, -0.05) is 0 Å². The predicted octanol–water partition coefficient (Wildman–Crippen LogP) is 2.66. The lowest BCUT2D eigenvalue weighted by atomic mass is 9.95. The van der Waals surface area contributed by atoms with Gasteiger partial charge in [-0.3, -0.25) is 9.69 Å². The molecule has 2 aliphatic heterocycles. The van der Waals surface area contributed by atoms with Crippen LogP contribution in [-0.4, -0.2) is 66.2 Å². The third kappa shape index (κ3) is 4.00. The molecule has 0 aliphatic carbocycles. The van der Waals surface area contributed by atoms with Gasteiger partial charge in [-0.2, -0.15) is 0 Å². The Bertz CT molecular complexity index is 697. The van der Waals surface area contributed by atoms with Gasteiger partial charge in [0.05, 0.1) is 13.2 Å². The number of ether oxygens (including phenoxy) is 1. The van der Waals surface area contributed by atoms with E-state index in [1.807, 2.05) is 58.3 Å². The standard InChI is InChI=1S/C21H27N3O2/c25-21(19-3-5-20(6-4-19)23-9-1-2-10-23)24-11-7-18(8-12-24)17-22-13-15-26-16-14-22/h1-6,9-10,18H,7-8,11-17H2. The van der Waals surface area contributed by atoms with Gasteiger partial charge in [0.2, 0.25) is 0 Å². The number of morpholine rings is 1. The lowest BCUT2D eigenvalue weighted by molar-refractivity contribution is 0.0243. The van der Waals surface area contributed by atoms with E-state index < -0.39 is 0 Å². The normalized spacial score (nSPS) is 19.6. The number of carbonyl (C=O) groups excluding carboxylic acids is 1. The molecule has 2 saturated heterocycles. The molecule has 2 aromatic rings. The van der Waals surface area contributed by atoms with Gasteiger partial charge < -0.3 is 14.2 Å². The summed E-state index contributed by atoms with van der Waals surface area (Å²) >= 11 is 0. The first kappa shape index (κ1) is 17.3. The lowest BCUT2D eigenvalue weighted by Gasteiger charge is -2.36. The van der Waals surface area contributed by atoms with Crippen LogP contribution in [0.2, 0.25) is 0 Å². The van der Waals surface area contributed by atoms with Gasteiger partial charge in [0.15, 0.2) is 0 Å². The quantitative estimate of drug-likeness (QED) is 0.848. The predicted molar refractivity (Wildman–Crippen MR) is 102 cm³/mol. The molecule has 0 saturated carbocycles. The minimum absolute atomic E-state index is 0.161. The maximum absolute atomic E-state index is 12.8. The minimum Gasteiger partial charge on any atom is -0.379 e. The smallest absolute Gasteiger partial charge is 0.253 e. The molecule has 0 spiro atoms. The van der Waals surface area contributed by atoms with E-state index in [0.29, 0.717) is 5.92 Å². The van der Waals surface area contributed by atoms with Crippen molar-refractivity contribution in [3.05, 3.63) is 54.4 Å². The van der Waals surface area contributed by atoms with Crippen LogP contribution in [0.25, 0.3) is 5.69 Å². The van der Waals surface area contributed by atoms with Crippen molar-refractivity contribution < 1.29 is 9.53 Å². The third-order valence-corrected chi connectivity index (χ3v) is 5.54. The highest BCUT2D eigenvalue weighted by atomic mass is 16.5. The average molecular weight is 353 g/mol. The summed E-state index contributed by atoms with van der Waals surface area (Å²) < 4.78 is 7.47. The Morgan fingerprint density at radius 2 is 1.62 bits per heavy atom. The third-order valence-electron chi connectivity index (χ3n) is 5.54. The molecular weight excluding hydrogens is 326 g/mol. The Balaban J connectivity index is 1.30. The summed E-state index contributed by atoms with van der Waals surface area (Å²) in [5.74, 6) is 0.863. The first-order valence-electron chi connectivity index (χ1n) is 9.62. The number of carbonyl (C=O) groups is 1. The van der Waals surface area contributed by atoms with Crippen LogP contribution in [-0.2, 0) is 4.74 Å². The highest BCUT2D eigenvalue weighted by Gasteiger charge is 2.25. The Labute approximate surface area is 155 Å². The number of hydrogen-bond acceptors (Lipinski definition) is 3. The van der Waals surface area contributed by atoms with E-state index in [1.54, 1.807) is 0 Å². The van der Waals surface area contributed by atoms with Gasteiger partial charge in [0.25, 0.3) is 5.91 Å². The number of hydrogen-bond donors (Lipinski definition) is 0. The van der Waals surface area contributed by atoms with Crippen molar-refractivity contribution in [2.24, 2.45) is 5.92 Å². The number of rotatable bonds is 4. The highest BCUT2D eigenvalue weighted by molar-refractivity contribution is 5.94. The van der Waals surface area contributed by atoms with Gasteiger partial charge in [-0.15, -0.1) is 0 Å². The second-order valence-electron chi connectivity index (χ2n) is 7.29. The van der Waals surface area contributed by atoms with Crippen molar-refractivity contribution in [3.8, 4) is 5.69 Å². The molecule has 1 aromatic heterocycles. The molecule has 3 heterocycles. The van der Waals surface area contributed by atoms with E-state index >= 15 is 0 Å². The Kier molecular flexibility index (Phi) is 5.37. The molecule has 5 nitrogen and oxygen atoms in total. The molecule has 2 aliphatic rings. The van der Waals surface area contributed by atoms with E-state index in [4.69, 9.17) is 4.74 Å². The van der Waals surface area contributed by atoms with Crippen LogP contribution >= 0.6 is 0 Å². The SMILES string of the molecule is O=C(c1ccc(-n2cccc2)cc1)N1CCC(CN2CCOCC2)CC1. The first-order valence-corrected chi connectivity index (χ1v) is 9.62. The van der Waals surface area contributed by atoms with Crippen LogP contribution in [0, 0.1) is 5.92 Å². The Hall–Kier alpha value is -2.11. The van der Waals surface area contributed by atoms with Crippen LogP contribution < -0.4 is 0 Å². The molecular formula is C21H27N3O2. The maximum atomic E-state index is 12.8. The van der Waals surface area contributed by atoms with Crippen LogP contribution in [0.1, 0.15) is 23.2 Å². The summed E-state index contributed by atoms with van der Waals surface area (Å²) in [7, 11) is 0. The number of benzene rings is 1. The maximum Gasteiger partial charge on any atom is 0.253 e. The molecule has 1 amide bonds. The van der Waals surface area contributed by atoms with E-state index in [1.165, 1.54) is 0 Å². The zero-order chi connectivity index (χ0) is 17.8. The lowest BCUT2D eigenvalue weighted by Crippen LogP contribution is -2.44. The van der Waals surface area contributed by atoms with Crippen molar-refractivity contribution in [1.29, 1.82) is 0 Å². The monoisotopic (exact) mass is 353 g/mol. The van der Waals surface area contributed by atoms with E-state index in [-0.39, 0.29) is 5.91 Å². The van der Waals surface area contributed by atoms with E-state index in [2.05, 4.69) is 4.90 Å². The van der Waals surface area contributed by atoms with Gasteiger partial charge in [0.1, 0.15) is 0 Å². The molecule has 4 rings (SSSR count). The Morgan fingerprint density at radius 1 is 0.962 bits per heavy atom. The summed E-state index contributed by atoms with van der Waals surface area (Å²) in [5, 5.41) is 0. The van der Waals surface area contributed by atoms with Gasteiger partial charge in [-0.05, 0) is 55.2 Å². The second-order valence-corrected chi connectivity index (χ2v) is 7.29. The minimum atomic E-state index is 0.161. The summed E-state index contributed by atoms with van der Waals surface area (Å²) in [4.78, 5) is 17.3. The van der Waals surface area contributed by atoms with Crippen molar-refractivity contribution >= 4 is 5.91 Å². The van der Waals surface area contributed by atoms with Crippen molar-refractivity contribution in [2.75, 3.05) is 45.9 Å². The largest absolute Gasteiger partial charge is 0.379 e. The van der Waals surface area contributed by atoms with Crippen LogP contribution in [0.15, 0.2) is 48.8 Å². The molecule has 5 heteroatoms. The molecule has 1 aromatic carbocycles. The summed E-state index contributed by atoms with van der Waals surface area (Å²) in [6, 6.07) is 11.9. The fourth-order valence-corrected chi connectivity index (χ4v) is 3.93. The number of likely N-dealkylation sites (tertiary alicyclic amines) is 1. The Morgan fingerprint density at radius 3 is 2.27 bits per heavy atom. The molecule has 0 bridgehead atoms. The van der Waals surface area contributed by atoms with Crippen LogP contribution in [0.4, 0.5) is 0 Å². The van der Waals surface area contributed by atoms with Crippen molar-refractivity contribution in [2.45, 2.75) is 12.8 Å². The second kappa shape index (κ2) is 8.06. The average Bonchev–Trinajstić information content (AvgIpc) is 3.24. The van der Waals surface area contributed by atoms with Gasteiger partial charge >= 0.3 is 0 Å². The molecule has 138 valence electrons. The van der Waals surface area contributed by atoms with Crippen LogP contribution in [0.3, 0.4) is 0 Å². The van der Waals surface area contributed by atoms with Gasteiger partial charge in [0, 0.05) is 56.4 Å². The number of piperidine rings is 1. The number of aromatic nitrogens is 1. The van der Waals surface area contributed by atoms with Crippen LogP contribution in [0.5, 0.6) is 0 Å². The molecule has 26 heavy (non-hydrogen) atoms. The fraction of sp³-hybridized carbons (Fsp3) is 0.476. The first-order chi connectivity index (χ1) is 12.8. The topological polar surface area (TPSA) is 37.7 Å². The fourth-order valence-electron chi connectivity index (χ4n) is 3.93. The molecule has 0 N–H and O–H groups in total. The van der Waals surface area contributed by atoms with Crippen molar-refractivity contribution in [1.82, 2.24) is 14.4 Å². The zero-order valence-electron chi connectivity index (χ0n) is 15.2. The molecule has 0 atom stereocenters. The molecule has 0 unspecified atom stereocenters. The van der Waals surface area contributed by atoms with E-state index in [9.17, 15) is 4.79 Å². The number of nitrogens with zero attached hydrogens (tertiary/aromatic N) is 3. The number of amides is 1. The van der Waals surface area contributed by atoms with Gasteiger partial charge in [-0.25, -0.2) is 0 Å². The summed E-state index contributed by atoms with van der Waals surface area (Å²) in [6.45, 7) is 6.70. The van der Waals surface area contributed by atoms with E-state index in [0.717, 1.165) is 70.0 Å². The molecule has 0 radical (unpaired) electrons. The highest BCUT2D eigenvalue weighted by Crippen LogP contribution is 2.21. The van der Waals surface area contributed by atoms with Crippen molar-refractivity contribution in [3.63, 3.8) is 0 Å². The molecule has 2 fully saturated rings.